The molecular formula is C21H40N6O7. The smallest absolute Gasteiger partial charge is 0.322 e. The summed E-state index contributed by atoms with van der Waals surface area (Å²) in [4.78, 5) is 60.6. The van der Waals surface area contributed by atoms with E-state index in [2.05, 4.69) is 21.3 Å². The molecule has 4 amide bonds. The van der Waals surface area contributed by atoms with Crippen LogP contribution in [0.4, 0.5) is 0 Å². The van der Waals surface area contributed by atoms with Gasteiger partial charge in [-0.15, -0.1) is 0 Å². The minimum Gasteiger partial charge on any atom is -0.480 e. The number of hydrogen-bond acceptors (Lipinski definition) is 8. The summed E-state index contributed by atoms with van der Waals surface area (Å²) in [5.74, 6) is -3.86. The number of carbonyl (C=O) groups excluding carboxylic acids is 4. The number of rotatable bonds is 16. The minimum atomic E-state index is -1.23. The molecular weight excluding hydrogens is 448 g/mol. The number of nitrogens with two attached hydrogens (primary N) is 2. The van der Waals surface area contributed by atoms with Gasteiger partial charge >= 0.3 is 5.97 Å². The zero-order valence-corrected chi connectivity index (χ0v) is 20.3. The van der Waals surface area contributed by atoms with Crippen LogP contribution in [0.25, 0.3) is 0 Å². The van der Waals surface area contributed by atoms with Crippen LogP contribution in [0.5, 0.6) is 0 Å². The zero-order valence-electron chi connectivity index (χ0n) is 20.3. The molecule has 10 N–H and O–H groups in total. The average molecular weight is 489 g/mol. The van der Waals surface area contributed by atoms with Gasteiger partial charge < -0.3 is 42.9 Å². The molecule has 0 rings (SSSR count). The Bertz CT molecular complexity index is 701. The molecule has 0 saturated heterocycles. The minimum absolute atomic E-state index is 0.0195. The fourth-order valence-electron chi connectivity index (χ4n) is 2.91. The molecule has 0 aliphatic rings. The van der Waals surface area contributed by atoms with E-state index in [1.165, 1.54) is 13.8 Å². The number of aliphatic carboxylic acids is 1. The lowest BCUT2D eigenvalue weighted by Gasteiger charge is -2.25. The summed E-state index contributed by atoms with van der Waals surface area (Å²) in [5, 5.41) is 28.0. The quantitative estimate of drug-likeness (QED) is 0.108. The van der Waals surface area contributed by atoms with Crippen LogP contribution in [-0.4, -0.2) is 83.2 Å². The molecule has 0 saturated carbocycles. The molecule has 13 nitrogen and oxygen atoms in total. The maximum absolute atomic E-state index is 12.8. The molecule has 5 atom stereocenters. The Morgan fingerprint density at radius 3 is 1.91 bits per heavy atom. The highest BCUT2D eigenvalue weighted by molar-refractivity contribution is 5.95. The van der Waals surface area contributed by atoms with Crippen LogP contribution in [0.3, 0.4) is 0 Å². The molecule has 0 bridgehead atoms. The van der Waals surface area contributed by atoms with Gasteiger partial charge in [-0.25, -0.2) is 0 Å². The third-order valence-electron chi connectivity index (χ3n) is 4.91. The number of aliphatic hydroxyl groups is 1. The summed E-state index contributed by atoms with van der Waals surface area (Å²) in [7, 11) is 0. The summed E-state index contributed by atoms with van der Waals surface area (Å²) >= 11 is 0. The first kappa shape index (κ1) is 31.2. The van der Waals surface area contributed by atoms with E-state index in [1.807, 2.05) is 13.8 Å². The van der Waals surface area contributed by atoms with E-state index >= 15 is 0 Å². The highest BCUT2D eigenvalue weighted by Crippen LogP contribution is 2.06. The predicted molar refractivity (Wildman–Crippen MR) is 124 cm³/mol. The van der Waals surface area contributed by atoms with Crippen LogP contribution in [-0.2, 0) is 24.0 Å². The molecule has 0 aliphatic heterocycles. The molecule has 0 aromatic heterocycles. The van der Waals surface area contributed by atoms with E-state index in [0.29, 0.717) is 19.4 Å². The lowest BCUT2D eigenvalue weighted by Crippen LogP contribution is -2.58. The first-order chi connectivity index (χ1) is 15.8. The number of carbonyl (C=O) groups is 5. The van der Waals surface area contributed by atoms with E-state index in [1.54, 1.807) is 0 Å². The van der Waals surface area contributed by atoms with Crippen molar-refractivity contribution in [1.82, 2.24) is 21.3 Å². The first-order valence-electron chi connectivity index (χ1n) is 11.3. The summed E-state index contributed by atoms with van der Waals surface area (Å²) in [6.07, 6.45) is 0.512. The van der Waals surface area contributed by atoms with Crippen molar-refractivity contribution >= 4 is 29.6 Å². The molecule has 0 unspecified atom stereocenters. The second-order valence-electron chi connectivity index (χ2n) is 8.64. The van der Waals surface area contributed by atoms with Gasteiger partial charge in [0, 0.05) is 0 Å². The van der Waals surface area contributed by atoms with E-state index in [-0.39, 0.29) is 18.8 Å². The van der Waals surface area contributed by atoms with Crippen molar-refractivity contribution in [2.24, 2.45) is 17.4 Å². The fourth-order valence-corrected chi connectivity index (χ4v) is 2.91. The molecule has 0 aromatic rings. The molecule has 0 aliphatic carbocycles. The summed E-state index contributed by atoms with van der Waals surface area (Å²) < 4.78 is 0. The Labute approximate surface area is 199 Å². The Morgan fingerprint density at radius 1 is 0.824 bits per heavy atom. The van der Waals surface area contributed by atoms with Gasteiger partial charge in [0.2, 0.25) is 23.6 Å². The Kier molecular flexibility index (Phi) is 14.7. The molecule has 13 heteroatoms. The van der Waals surface area contributed by atoms with E-state index in [4.69, 9.17) is 16.6 Å². The van der Waals surface area contributed by atoms with Crippen LogP contribution in [0.15, 0.2) is 0 Å². The van der Waals surface area contributed by atoms with Crippen molar-refractivity contribution in [2.45, 2.75) is 83.6 Å². The normalized spacial score (nSPS) is 15.4. The second kappa shape index (κ2) is 16.0. The van der Waals surface area contributed by atoms with Gasteiger partial charge in [0.15, 0.2) is 0 Å². The lowest BCUT2D eigenvalue weighted by molar-refractivity contribution is -0.138. The maximum Gasteiger partial charge on any atom is 0.322 e. The third-order valence-corrected chi connectivity index (χ3v) is 4.91. The lowest BCUT2D eigenvalue weighted by atomic mass is 10.0. The van der Waals surface area contributed by atoms with Gasteiger partial charge in [-0.1, -0.05) is 13.8 Å². The number of unbranched alkanes of at least 4 members (excludes halogenated alkanes) is 1. The Morgan fingerprint density at radius 2 is 1.41 bits per heavy atom. The van der Waals surface area contributed by atoms with Crippen LogP contribution < -0.4 is 32.7 Å². The standard InChI is InChI=1S/C21H40N6O7/c1-11(2)9-15(19(32)24-10-16(29)30)27-18(31)12(3)25-20(33)14(7-5-6-8-22)26-21(34)17(23)13(4)28/h11-15,17,28H,5-10,22-23H2,1-4H3,(H,24,32)(H,25,33)(H,26,34)(H,27,31)(H,29,30)/t12-,13+,14-,15-,17-/m0/s1. The van der Waals surface area contributed by atoms with E-state index in [9.17, 15) is 29.1 Å². The first-order valence-corrected chi connectivity index (χ1v) is 11.3. The SMILES string of the molecule is CC(C)C[C@H](NC(=O)[C@H](C)NC(=O)[C@H](CCCCN)NC(=O)[C@@H](N)[C@@H](C)O)C(=O)NCC(=O)O. The largest absolute Gasteiger partial charge is 0.480 e. The van der Waals surface area contributed by atoms with Crippen molar-refractivity contribution < 1.29 is 34.2 Å². The zero-order chi connectivity index (χ0) is 26.4. The molecule has 0 heterocycles. The summed E-state index contributed by atoms with van der Waals surface area (Å²) in [6, 6.07) is -4.29. The molecule has 196 valence electrons. The van der Waals surface area contributed by atoms with Gasteiger partial charge in [0.1, 0.15) is 30.7 Å². The molecule has 0 aromatic carbocycles. The average Bonchev–Trinajstić information content (AvgIpc) is 2.74. The van der Waals surface area contributed by atoms with Crippen molar-refractivity contribution in [2.75, 3.05) is 13.1 Å². The number of aliphatic hydroxyl groups excluding tert-OH is 1. The molecule has 34 heavy (non-hydrogen) atoms. The van der Waals surface area contributed by atoms with E-state index < -0.39 is 66.4 Å². The van der Waals surface area contributed by atoms with Crippen molar-refractivity contribution in [3.8, 4) is 0 Å². The monoisotopic (exact) mass is 488 g/mol. The van der Waals surface area contributed by atoms with Crippen LogP contribution >= 0.6 is 0 Å². The number of amides is 4. The second-order valence-corrected chi connectivity index (χ2v) is 8.64. The number of carboxylic acids is 1. The molecule has 0 radical (unpaired) electrons. The third kappa shape index (κ3) is 12.5. The number of carboxylic acid groups (broad SMARTS) is 1. The molecule has 0 fully saturated rings. The van der Waals surface area contributed by atoms with Crippen molar-refractivity contribution in [1.29, 1.82) is 0 Å². The summed E-state index contributed by atoms with van der Waals surface area (Å²) in [6.45, 7) is 6.24. The Balaban J connectivity index is 5.21. The number of nitrogens with one attached hydrogen (secondary N) is 4. The van der Waals surface area contributed by atoms with Gasteiger partial charge in [-0.3, -0.25) is 24.0 Å². The van der Waals surface area contributed by atoms with Crippen LogP contribution in [0.2, 0.25) is 0 Å². The predicted octanol–water partition coefficient (Wildman–Crippen LogP) is -2.46. The van der Waals surface area contributed by atoms with Gasteiger partial charge in [0.25, 0.3) is 0 Å². The highest BCUT2D eigenvalue weighted by atomic mass is 16.4. The van der Waals surface area contributed by atoms with Crippen molar-refractivity contribution in [3.63, 3.8) is 0 Å². The van der Waals surface area contributed by atoms with Gasteiger partial charge in [0.05, 0.1) is 6.10 Å². The van der Waals surface area contributed by atoms with Gasteiger partial charge in [-0.2, -0.15) is 0 Å². The Hall–Kier alpha value is -2.77. The van der Waals surface area contributed by atoms with E-state index in [0.717, 1.165) is 0 Å². The highest BCUT2D eigenvalue weighted by Gasteiger charge is 2.29. The van der Waals surface area contributed by atoms with Gasteiger partial charge in [-0.05, 0) is 52.0 Å². The number of hydrogen-bond donors (Lipinski definition) is 8. The van der Waals surface area contributed by atoms with Crippen LogP contribution in [0.1, 0.15) is 53.4 Å². The fraction of sp³-hybridized carbons (Fsp3) is 0.762. The van der Waals surface area contributed by atoms with Crippen LogP contribution in [0, 0.1) is 5.92 Å². The maximum atomic E-state index is 12.8. The summed E-state index contributed by atoms with van der Waals surface area (Å²) in [5.41, 5.74) is 11.1. The topological polar surface area (TPSA) is 226 Å². The van der Waals surface area contributed by atoms with Crippen molar-refractivity contribution in [3.05, 3.63) is 0 Å². The molecule has 0 spiro atoms.